The van der Waals surface area contributed by atoms with Crippen molar-refractivity contribution < 1.29 is 4.79 Å². The van der Waals surface area contributed by atoms with Crippen molar-refractivity contribution in [3.8, 4) is 10.4 Å². The predicted molar refractivity (Wildman–Crippen MR) is 117 cm³/mol. The smallest absolute Gasteiger partial charge is 0.226 e. The van der Waals surface area contributed by atoms with Crippen LogP contribution in [0.3, 0.4) is 0 Å². The molecule has 1 N–H and O–H groups in total. The quantitative estimate of drug-likeness (QED) is 0.655. The molecule has 1 aliphatic heterocycles. The molecule has 4 heteroatoms. The van der Waals surface area contributed by atoms with Crippen LogP contribution in [0.15, 0.2) is 54.4 Å². The average Bonchev–Trinajstić information content (AvgIpc) is 3.36. The lowest BCUT2D eigenvalue weighted by atomic mass is 9.72. The van der Waals surface area contributed by atoms with E-state index in [1.54, 1.807) is 17.4 Å². The van der Waals surface area contributed by atoms with Crippen molar-refractivity contribution in [2.45, 2.75) is 32.1 Å². The Kier molecular flexibility index (Phi) is 5.98. The van der Waals surface area contributed by atoms with Gasteiger partial charge in [-0.1, -0.05) is 36.4 Å². The molecule has 1 amide bonds. The maximum absolute atomic E-state index is 13.2. The minimum Gasteiger partial charge on any atom is -0.352 e. The SMILES string of the molecule is C=CCNC(=O)C1(Cc2cccc(-c3cccs3)c2)CCN(CC2CC2)CC1. The summed E-state index contributed by atoms with van der Waals surface area (Å²) in [6, 6.07) is 13.0. The van der Waals surface area contributed by atoms with Crippen LogP contribution in [-0.2, 0) is 11.2 Å². The van der Waals surface area contributed by atoms with Crippen LogP contribution < -0.4 is 5.32 Å². The Morgan fingerprint density at radius 3 is 2.75 bits per heavy atom. The highest BCUT2D eigenvalue weighted by molar-refractivity contribution is 7.13. The zero-order valence-electron chi connectivity index (χ0n) is 16.5. The maximum Gasteiger partial charge on any atom is 0.226 e. The molecule has 0 radical (unpaired) electrons. The zero-order chi connectivity index (χ0) is 19.4. The number of rotatable bonds is 8. The van der Waals surface area contributed by atoms with Gasteiger partial charge in [-0.2, -0.15) is 0 Å². The van der Waals surface area contributed by atoms with Crippen LogP contribution in [0.2, 0.25) is 0 Å². The van der Waals surface area contributed by atoms with Gasteiger partial charge in [-0.3, -0.25) is 4.79 Å². The topological polar surface area (TPSA) is 32.3 Å². The number of thiophene rings is 1. The van der Waals surface area contributed by atoms with Gasteiger partial charge in [0.15, 0.2) is 0 Å². The zero-order valence-corrected chi connectivity index (χ0v) is 17.3. The van der Waals surface area contributed by atoms with Gasteiger partial charge in [0.25, 0.3) is 0 Å². The van der Waals surface area contributed by atoms with Crippen LogP contribution >= 0.6 is 11.3 Å². The molecule has 2 aliphatic rings. The molecule has 1 aliphatic carbocycles. The first-order valence-corrected chi connectivity index (χ1v) is 11.3. The second-order valence-corrected chi connectivity index (χ2v) is 9.33. The highest BCUT2D eigenvalue weighted by atomic mass is 32.1. The molecule has 148 valence electrons. The van der Waals surface area contributed by atoms with Gasteiger partial charge in [-0.15, -0.1) is 17.9 Å². The molecule has 2 aromatic rings. The van der Waals surface area contributed by atoms with E-state index in [1.807, 2.05) is 0 Å². The summed E-state index contributed by atoms with van der Waals surface area (Å²) < 4.78 is 0. The lowest BCUT2D eigenvalue weighted by molar-refractivity contribution is -0.133. The molecular weight excluding hydrogens is 364 g/mol. The molecule has 0 bridgehead atoms. The number of piperidine rings is 1. The van der Waals surface area contributed by atoms with E-state index in [0.717, 1.165) is 38.3 Å². The monoisotopic (exact) mass is 394 g/mol. The minimum absolute atomic E-state index is 0.194. The van der Waals surface area contributed by atoms with Crippen molar-refractivity contribution in [3.05, 3.63) is 60.0 Å². The number of nitrogens with zero attached hydrogens (tertiary/aromatic N) is 1. The van der Waals surface area contributed by atoms with E-state index in [0.29, 0.717) is 6.54 Å². The molecule has 0 spiro atoms. The minimum atomic E-state index is -0.308. The van der Waals surface area contributed by atoms with Crippen LogP contribution in [0.25, 0.3) is 10.4 Å². The van der Waals surface area contributed by atoms with Gasteiger partial charge < -0.3 is 10.2 Å². The summed E-state index contributed by atoms with van der Waals surface area (Å²) >= 11 is 1.76. The number of hydrogen-bond donors (Lipinski definition) is 1. The van der Waals surface area contributed by atoms with Crippen molar-refractivity contribution in [1.82, 2.24) is 10.2 Å². The van der Waals surface area contributed by atoms with E-state index in [2.05, 4.69) is 58.6 Å². The Labute approximate surface area is 172 Å². The molecule has 28 heavy (non-hydrogen) atoms. The number of carbonyl (C=O) groups excluding carboxylic acids is 1. The summed E-state index contributed by atoms with van der Waals surface area (Å²) in [5.41, 5.74) is 2.20. The van der Waals surface area contributed by atoms with Crippen LogP contribution in [0.4, 0.5) is 0 Å². The Balaban J connectivity index is 1.51. The van der Waals surface area contributed by atoms with Crippen LogP contribution in [0, 0.1) is 11.3 Å². The van der Waals surface area contributed by atoms with Crippen molar-refractivity contribution in [3.63, 3.8) is 0 Å². The van der Waals surface area contributed by atoms with E-state index in [-0.39, 0.29) is 11.3 Å². The molecule has 2 fully saturated rings. The third-order valence-corrected chi connectivity index (χ3v) is 7.11. The highest BCUT2D eigenvalue weighted by Gasteiger charge is 2.41. The summed E-state index contributed by atoms with van der Waals surface area (Å²) in [6.07, 6.45) is 7.23. The number of benzene rings is 1. The second-order valence-electron chi connectivity index (χ2n) is 8.38. The summed E-state index contributed by atoms with van der Waals surface area (Å²) in [5.74, 6) is 1.10. The van der Waals surface area contributed by atoms with Crippen molar-refractivity contribution in [2.24, 2.45) is 11.3 Å². The van der Waals surface area contributed by atoms with Crippen LogP contribution in [-0.4, -0.2) is 37.0 Å². The second kappa shape index (κ2) is 8.62. The van der Waals surface area contributed by atoms with Crippen LogP contribution in [0.5, 0.6) is 0 Å². The van der Waals surface area contributed by atoms with Crippen molar-refractivity contribution in [1.29, 1.82) is 0 Å². The van der Waals surface area contributed by atoms with E-state index >= 15 is 0 Å². The Morgan fingerprint density at radius 1 is 1.25 bits per heavy atom. The first-order chi connectivity index (χ1) is 13.7. The van der Waals surface area contributed by atoms with Crippen molar-refractivity contribution in [2.75, 3.05) is 26.2 Å². The van der Waals surface area contributed by atoms with Gasteiger partial charge in [0.2, 0.25) is 5.91 Å². The first-order valence-electron chi connectivity index (χ1n) is 10.4. The number of likely N-dealkylation sites (tertiary alicyclic amines) is 1. The van der Waals surface area contributed by atoms with Gasteiger partial charge in [0.05, 0.1) is 5.41 Å². The Bertz CT molecular complexity index is 802. The summed E-state index contributed by atoms with van der Waals surface area (Å²) in [7, 11) is 0. The molecule has 1 aromatic heterocycles. The first kappa shape index (κ1) is 19.4. The van der Waals surface area contributed by atoms with Crippen LogP contribution in [0.1, 0.15) is 31.2 Å². The molecule has 3 nitrogen and oxygen atoms in total. The third kappa shape index (κ3) is 4.56. The summed E-state index contributed by atoms with van der Waals surface area (Å²) in [5, 5.41) is 5.21. The fourth-order valence-corrected chi connectivity index (χ4v) is 5.06. The molecule has 4 rings (SSSR count). The van der Waals surface area contributed by atoms with E-state index in [1.165, 1.54) is 35.4 Å². The van der Waals surface area contributed by atoms with E-state index in [9.17, 15) is 4.79 Å². The standard InChI is InChI=1S/C24H30N2OS/c1-2-12-25-23(27)24(10-13-26(14-11-24)18-19-8-9-19)17-20-5-3-6-21(16-20)22-7-4-15-28-22/h2-7,15-16,19H,1,8-14,17-18H2,(H,25,27). The average molecular weight is 395 g/mol. The maximum atomic E-state index is 13.2. The highest BCUT2D eigenvalue weighted by Crippen LogP contribution is 2.38. The molecule has 1 aromatic carbocycles. The Morgan fingerprint density at radius 2 is 2.07 bits per heavy atom. The molecule has 1 saturated carbocycles. The van der Waals surface area contributed by atoms with Gasteiger partial charge >= 0.3 is 0 Å². The number of amides is 1. The molecule has 1 saturated heterocycles. The number of nitrogens with one attached hydrogen (secondary N) is 1. The number of carbonyl (C=O) groups is 1. The van der Waals surface area contributed by atoms with E-state index < -0.39 is 0 Å². The molecular formula is C24H30N2OS. The number of hydrogen-bond acceptors (Lipinski definition) is 3. The lowest BCUT2D eigenvalue weighted by Gasteiger charge is -2.41. The Hall–Kier alpha value is -1.91. The van der Waals surface area contributed by atoms with Crippen molar-refractivity contribution >= 4 is 17.2 Å². The van der Waals surface area contributed by atoms with Gasteiger partial charge in [0, 0.05) is 18.0 Å². The van der Waals surface area contributed by atoms with Gasteiger partial charge in [-0.05, 0) is 73.7 Å². The third-order valence-electron chi connectivity index (χ3n) is 6.19. The fourth-order valence-electron chi connectivity index (χ4n) is 4.33. The van der Waals surface area contributed by atoms with E-state index in [4.69, 9.17) is 0 Å². The molecule has 0 atom stereocenters. The summed E-state index contributed by atoms with van der Waals surface area (Å²) in [6.45, 7) is 7.58. The molecule has 0 unspecified atom stereocenters. The lowest BCUT2D eigenvalue weighted by Crippen LogP contribution is -2.50. The van der Waals surface area contributed by atoms with Gasteiger partial charge in [-0.25, -0.2) is 0 Å². The predicted octanol–water partition coefficient (Wildman–Crippen LogP) is 4.75. The fraction of sp³-hybridized carbons (Fsp3) is 0.458. The van der Waals surface area contributed by atoms with Gasteiger partial charge in [0.1, 0.15) is 0 Å². The molecule has 2 heterocycles. The largest absolute Gasteiger partial charge is 0.352 e. The summed E-state index contributed by atoms with van der Waals surface area (Å²) in [4.78, 5) is 17.0. The normalized spacial score (nSPS) is 19.3.